The molecule has 4 aromatic rings. The molecule has 57 heavy (non-hydrogen) atoms. The lowest BCUT2D eigenvalue weighted by atomic mass is 9.71. The maximum absolute atomic E-state index is 14.9. The van der Waals surface area contributed by atoms with Crippen LogP contribution in [0.1, 0.15) is 68.9 Å². The lowest BCUT2D eigenvalue weighted by molar-refractivity contribution is -0.133. The molecule has 7 atom stereocenters. The van der Waals surface area contributed by atoms with E-state index < -0.39 is 40.9 Å². The van der Waals surface area contributed by atoms with Gasteiger partial charge in [-0.25, -0.2) is 0 Å². The molecule has 2 fully saturated rings. The fourth-order valence-electron chi connectivity index (χ4n) is 10.8. The standard InChI is InChI=1S/C42H43N5O9S/c1-18-10-21-11-26-27(13-43)47-28-14-53-15-29(50)42(41-23(8-9-44-42)24-12-22(49)6-7-25(24)45-41)16-57-40(34(47)33(46(26)4)30(21)35(51)36(18)52-5)32-31(28)39-38(54-17-55-39)19(2)37(32)56-20(3)48/h6-7,10,12,26-28,33-34,40,44-45,49,51H,8-9,11,14-17H2,1-5H3/t26-,27+,28+,33+,34?,40-,42+/m1/s1. The van der Waals surface area contributed by atoms with Crippen molar-refractivity contribution in [1.82, 2.24) is 20.1 Å². The van der Waals surface area contributed by atoms with E-state index >= 15 is 0 Å². The van der Waals surface area contributed by atoms with Crippen LogP contribution in [-0.2, 0) is 32.7 Å². The lowest BCUT2D eigenvalue weighted by Crippen LogP contribution is -2.69. The summed E-state index contributed by atoms with van der Waals surface area (Å²) in [5.41, 5.74) is 5.72. The Morgan fingerprint density at radius 2 is 1.93 bits per heavy atom. The van der Waals surface area contributed by atoms with Crippen LogP contribution in [-0.4, -0.2) is 101 Å². The molecule has 4 N–H and O–H groups in total. The molecule has 14 nitrogen and oxygen atoms in total. The Labute approximate surface area is 332 Å². The quantitative estimate of drug-likeness (QED) is 0.165. The summed E-state index contributed by atoms with van der Waals surface area (Å²) in [5, 5.41) is 37.7. The van der Waals surface area contributed by atoms with Gasteiger partial charge in [0, 0.05) is 70.2 Å². The Morgan fingerprint density at radius 1 is 1.12 bits per heavy atom. The van der Waals surface area contributed by atoms with Gasteiger partial charge in [-0.1, -0.05) is 6.07 Å². The number of ketones is 1. The van der Waals surface area contributed by atoms with Crippen molar-refractivity contribution < 1.29 is 43.5 Å². The second kappa shape index (κ2) is 13.0. The van der Waals surface area contributed by atoms with E-state index in [1.165, 1.54) is 6.92 Å². The van der Waals surface area contributed by atoms with Gasteiger partial charge in [-0.15, -0.1) is 11.8 Å². The second-order valence-corrected chi connectivity index (χ2v) is 17.1. The Balaban J connectivity index is 1.26. The van der Waals surface area contributed by atoms with E-state index in [0.717, 1.165) is 38.9 Å². The fraction of sp³-hybridized carbons (Fsp3) is 0.452. The first-order chi connectivity index (χ1) is 27.5. The number of ether oxygens (including phenoxy) is 5. The maximum atomic E-state index is 14.9. The molecule has 0 aliphatic carbocycles. The number of methoxy groups -OCH3 is 1. The van der Waals surface area contributed by atoms with E-state index in [9.17, 15) is 25.1 Å². The van der Waals surface area contributed by atoms with Gasteiger partial charge in [-0.3, -0.25) is 24.7 Å². The number of nitrogens with zero attached hydrogens (tertiary/aromatic N) is 3. The van der Waals surface area contributed by atoms with Gasteiger partial charge in [0.2, 0.25) is 6.79 Å². The lowest BCUT2D eigenvalue weighted by Gasteiger charge is -2.61. The summed E-state index contributed by atoms with van der Waals surface area (Å²) >= 11 is 1.54. The molecule has 2 saturated heterocycles. The molecule has 11 rings (SSSR count). The number of rotatable bonds is 2. The highest BCUT2D eigenvalue weighted by Crippen LogP contribution is 2.64. The number of benzene rings is 3. The van der Waals surface area contributed by atoms with Gasteiger partial charge >= 0.3 is 5.97 Å². The normalized spacial score (nSPS) is 28.9. The molecule has 15 heteroatoms. The van der Waals surface area contributed by atoms with Crippen LogP contribution in [0.5, 0.6) is 34.5 Å². The van der Waals surface area contributed by atoms with Crippen LogP contribution < -0.4 is 24.3 Å². The number of likely N-dealkylation sites (N-methyl/N-ethyl adjacent to an activating group) is 1. The smallest absolute Gasteiger partial charge is 0.308 e. The number of nitrogens with one attached hydrogen (secondary N) is 2. The number of aromatic amines is 1. The van der Waals surface area contributed by atoms with Crippen molar-refractivity contribution in [3.63, 3.8) is 0 Å². The average molecular weight is 794 g/mol. The number of esters is 1. The number of carbonyl (C=O) groups is 2. The van der Waals surface area contributed by atoms with Gasteiger partial charge in [0.25, 0.3) is 0 Å². The molecule has 3 aromatic carbocycles. The number of phenolic OH excluding ortho intramolecular Hbond substituents is 2. The Bertz CT molecular complexity index is 2460. The van der Waals surface area contributed by atoms with Gasteiger partial charge in [0.15, 0.2) is 28.8 Å². The number of H-pyrrole nitrogens is 1. The molecule has 4 bridgehead atoms. The number of piperazine rings is 1. The first kappa shape index (κ1) is 36.4. The summed E-state index contributed by atoms with van der Waals surface area (Å²) in [6.45, 7) is 5.36. The number of aromatic nitrogens is 1. The molecular weight excluding hydrogens is 751 g/mol. The Kier molecular flexibility index (Phi) is 8.31. The molecule has 1 spiro atoms. The van der Waals surface area contributed by atoms with Crippen molar-refractivity contribution in [1.29, 1.82) is 5.26 Å². The summed E-state index contributed by atoms with van der Waals surface area (Å²) in [5.74, 6) is 1.45. The summed E-state index contributed by atoms with van der Waals surface area (Å²) in [7, 11) is 3.55. The molecular formula is C42H43N5O9S. The minimum Gasteiger partial charge on any atom is -0.508 e. The fourth-order valence-corrected chi connectivity index (χ4v) is 12.6. The SMILES string of the molecule is COc1c(C)cc2c(c1O)[C@H]1C3[C@@H]4SC[C@]5(NCCc6c5[nH]c5ccc(O)cc65)C(=O)COC[C@@H](c5c6c(c(C)c(OC(C)=O)c54)OCO6)N3[C@@H](C#N)[C@@H](C2)N1C. The Hall–Kier alpha value is -4.98. The van der Waals surface area contributed by atoms with Crippen molar-refractivity contribution >= 4 is 34.4 Å². The van der Waals surface area contributed by atoms with Crippen LogP contribution in [0.3, 0.4) is 0 Å². The van der Waals surface area contributed by atoms with Gasteiger partial charge in [0.1, 0.15) is 29.7 Å². The first-order valence-corrected chi connectivity index (χ1v) is 20.3. The molecule has 1 unspecified atom stereocenters. The van der Waals surface area contributed by atoms with E-state index in [1.54, 1.807) is 31.0 Å². The number of aryl methyl sites for hydroxylation is 1. The summed E-state index contributed by atoms with van der Waals surface area (Å²) in [6.07, 6.45) is 1.15. The van der Waals surface area contributed by atoms with Crippen LogP contribution in [0, 0.1) is 25.2 Å². The molecule has 7 aliphatic heterocycles. The number of thioether (sulfide) groups is 1. The molecule has 0 amide bonds. The van der Waals surface area contributed by atoms with Gasteiger partial charge in [0.05, 0.1) is 37.1 Å². The van der Waals surface area contributed by atoms with E-state index in [2.05, 4.69) is 32.2 Å². The highest BCUT2D eigenvalue weighted by molar-refractivity contribution is 7.99. The van der Waals surface area contributed by atoms with Crippen molar-refractivity contribution in [3.8, 4) is 40.6 Å². The Morgan fingerprint density at radius 3 is 2.70 bits per heavy atom. The largest absolute Gasteiger partial charge is 0.508 e. The van der Waals surface area contributed by atoms with Crippen molar-refractivity contribution in [2.24, 2.45) is 0 Å². The van der Waals surface area contributed by atoms with E-state index in [0.29, 0.717) is 59.1 Å². The number of aromatic hydroxyl groups is 2. The zero-order valence-corrected chi connectivity index (χ0v) is 33.0. The molecule has 8 heterocycles. The average Bonchev–Trinajstić information content (AvgIpc) is 3.81. The number of phenols is 2. The summed E-state index contributed by atoms with van der Waals surface area (Å²) in [4.78, 5) is 35.9. The molecule has 0 saturated carbocycles. The highest BCUT2D eigenvalue weighted by Gasteiger charge is 2.61. The first-order valence-electron chi connectivity index (χ1n) is 19.2. The molecule has 1 aromatic heterocycles. The van der Waals surface area contributed by atoms with Crippen molar-refractivity contribution in [2.75, 3.05) is 46.5 Å². The van der Waals surface area contributed by atoms with E-state index in [-0.39, 0.29) is 49.1 Å². The summed E-state index contributed by atoms with van der Waals surface area (Å²) in [6, 6.07) is 7.36. The minimum absolute atomic E-state index is 0.00586. The zero-order chi connectivity index (χ0) is 39.7. The zero-order valence-electron chi connectivity index (χ0n) is 32.2. The number of Topliss-reactive ketones (excluding diaryl/α,β-unsaturated/α-hetero) is 1. The topological polar surface area (TPSA) is 179 Å². The molecule has 296 valence electrons. The van der Waals surface area contributed by atoms with Crippen LogP contribution in [0.2, 0.25) is 0 Å². The monoisotopic (exact) mass is 793 g/mol. The third-order valence-electron chi connectivity index (χ3n) is 13.1. The molecule has 7 aliphatic rings. The predicted octanol–water partition coefficient (Wildman–Crippen LogP) is 4.50. The van der Waals surface area contributed by atoms with Crippen molar-refractivity contribution in [3.05, 3.63) is 68.9 Å². The highest BCUT2D eigenvalue weighted by atomic mass is 32.2. The van der Waals surface area contributed by atoms with Crippen molar-refractivity contribution in [2.45, 2.75) is 74.6 Å². The number of fused-ring (bicyclic) bond motifs is 12. The number of hydrogen-bond donors (Lipinski definition) is 4. The maximum Gasteiger partial charge on any atom is 0.308 e. The summed E-state index contributed by atoms with van der Waals surface area (Å²) < 4.78 is 30.9. The number of hydrogen-bond acceptors (Lipinski definition) is 14. The van der Waals surface area contributed by atoms with E-state index in [4.69, 9.17) is 23.7 Å². The third kappa shape index (κ3) is 4.97. The van der Waals surface area contributed by atoms with Crippen LogP contribution in [0.15, 0.2) is 24.3 Å². The second-order valence-electron chi connectivity index (χ2n) is 16.0. The van der Waals surface area contributed by atoms with Gasteiger partial charge < -0.3 is 38.9 Å². The van der Waals surface area contributed by atoms with Crippen LogP contribution in [0.25, 0.3) is 10.9 Å². The predicted molar refractivity (Wildman–Crippen MR) is 208 cm³/mol. The molecule has 0 radical (unpaired) electrons. The van der Waals surface area contributed by atoms with Gasteiger partial charge in [-0.2, -0.15) is 5.26 Å². The number of nitriles is 1. The van der Waals surface area contributed by atoms with Crippen LogP contribution >= 0.6 is 11.8 Å². The van der Waals surface area contributed by atoms with Crippen LogP contribution in [0.4, 0.5) is 0 Å². The van der Waals surface area contributed by atoms with Gasteiger partial charge in [-0.05, 0) is 68.6 Å². The third-order valence-corrected chi connectivity index (χ3v) is 14.6. The number of carbonyl (C=O) groups excluding carboxylic acids is 2. The van der Waals surface area contributed by atoms with E-state index in [1.807, 2.05) is 27.0 Å². The minimum atomic E-state index is -1.24.